The maximum atomic E-state index is 12.7. The van der Waals surface area contributed by atoms with Crippen molar-refractivity contribution in [3.8, 4) is 0 Å². The van der Waals surface area contributed by atoms with E-state index in [0.717, 1.165) is 12.8 Å². The Morgan fingerprint density at radius 2 is 0.344 bits per heavy atom. The molecule has 18 aliphatic rings. The Morgan fingerprint density at radius 3 is 0.495 bits per heavy atom. The number of carbonyl (C=O) groups is 4. The molecular weight excluding hydrogens is 1400 g/mol. The summed E-state index contributed by atoms with van der Waals surface area (Å²) in [5, 5.41) is 114. The molecule has 25 heteroatoms. The third-order valence-electron chi connectivity index (χ3n) is 29.2. The second-order valence-electron chi connectivity index (χ2n) is 33.2. The maximum absolute atomic E-state index is 12.7. The monoisotopic (exact) mass is 1510 g/mol. The van der Waals surface area contributed by atoms with Gasteiger partial charge in [-0.3, -0.25) is 85.1 Å². The van der Waals surface area contributed by atoms with Crippen molar-refractivity contribution < 1.29 is 79.5 Å². The van der Waals surface area contributed by atoms with E-state index in [4.69, 9.17) is 0 Å². The van der Waals surface area contributed by atoms with Crippen LogP contribution in [0.15, 0.2) is 0 Å². The van der Waals surface area contributed by atoms with E-state index >= 15 is 0 Å². The van der Waals surface area contributed by atoms with E-state index in [2.05, 4.69) is 85.1 Å². The van der Waals surface area contributed by atoms with Crippen molar-refractivity contribution >= 4 is 23.9 Å². The molecule has 36 atom stereocenters. The molecule has 16 N–H and O–H groups in total. The van der Waals surface area contributed by atoms with Gasteiger partial charge in [0, 0.05) is 59.4 Å². The Morgan fingerprint density at radius 1 is 0.194 bits per heavy atom. The third kappa shape index (κ3) is 12.1. The first-order chi connectivity index (χ1) is 44.9. The SMILES string of the molecule is O=C([O-])C1CCC2C3NC4NC(NC5NC(NC6NC(NC(N3)C2C1C(=O)[O-])C1CCCCC61)C1CCCCC51)C1CCCCC41.O=C([O-])C1CCC2C3NC4NC(NC5NC(NC6NC(NC(N3)C2C1C(=O)[O-])C1CCCCC61)C1CCCCC51)C1CCCCC41.[Th+4]. The van der Waals surface area contributed by atoms with Gasteiger partial charge < -0.3 is 39.6 Å². The molecule has 10 saturated heterocycles. The van der Waals surface area contributed by atoms with Crippen LogP contribution in [0, 0.1) is 158 Å². The molecule has 10 heterocycles. The van der Waals surface area contributed by atoms with E-state index < -0.39 is 59.4 Å². The standard InChI is InChI=1S/2C34H56N8O4.Th/c2*43-33(44)22-14-13-21-23(24(22)34(45)46)32-41-30-20-12-6-5-11-19(20)28(39-30)37-26-16-8-2-1-7-15(16)25(35-26)36-27-17-9-3-4-10-18(17)29(38-27)40-31(21)42-32;/h2*15-32,35-42H,1-14H2,(H,43,44)(H,45,46);/q;;+4/p-4. The van der Waals surface area contributed by atoms with Gasteiger partial charge in [0.2, 0.25) is 0 Å². The zero-order chi connectivity index (χ0) is 62.2. The van der Waals surface area contributed by atoms with Gasteiger partial charge in [-0.1, -0.05) is 77.0 Å². The number of carboxylic acids is 4. The first-order valence-electron chi connectivity index (χ1n) is 37.9. The fourth-order valence-electron chi connectivity index (χ4n) is 25.3. The minimum absolute atomic E-state index is 0. The number of hydrogen-bond acceptors (Lipinski definition) is 24. The molecule has 0 radical (unpaired) electrons. The number of carboxylic acid groups (broad SMARTS) is 4. The van der Waals surface area contributed by atoms with E-state index in [1.165, 1.54) is 141 Å². The minimum atomic E-state index is -1.27. The molecule has 0 aromatic heterocycles. The van der Waals surface area contributed by atoms with Crippen molar-refractivity contribution in [3.05, 3.63) is 0 Å². The van der Waals surface area contributed by atoms with Crippen LogP contribution < -0.4 is 105 Å². The van der Waals surface area contributed by atoms with Crippen LogP contribution >= 0.6 is 0 Å². The molecule has 0 amide bonds. The fraction of sp³-hybridized carbons (Fsp3) is 0.941. The van der Waals surface area contributed by atoms with Gasteiger partial charge in [-0.15, -0.1) is 0 Å². The molecule has 8 saturated carbocycles. The summed E-state index contributed by atoms with van der Waals surface area (Å²) in [4.78, 5) is 50.0. The van der Waals surface area contributed by atoms with Gasteiger partial charge in [-0.2, -0.15) is 0 Å². The number of carbonyl (C=O) groups excluding carboxylic acids is 4. The van der Waals surface area contributed by atoms with Crippen LogP contribution in [0.4, 0.5) is 0 Å². The summed E-state index contributed by atoms with van der Waals surface area (Å²) in [5.74, 6) is -3.90. The second kappa shape index (κ2) is 27.5. The van der Waals surface area contributed by atoms with Gasteiger partial charge in [-0.25, -0.2) is 0 Å². The van der Waals surface area contributed by atoms with Crippen LogP contribution in [0.3, 0.4) is 0 Å². The van der Waals surface area contributed by atoms with Crippen LogP contribution in [0.25, 0.3) is 0 Å². The van der Waals surface area contributed by atoms with E-state index in [9.17, 15) is 39.6 Å². The Labute approximate surface area is 581 Å². The summed E-state index contributed by atoms with van der Waals surface area (Å²) in [5.41, 5.74) is 0. The zero-order valence-corrected chi connectivity index (χ0v) is 58.5. The van der Waals surface area contributed by atoms with Crippen LogP contribution in [-0.4, -0.2) is 123 Å². The Bertz CT molecular complexity index is 2540. The normalized spacial score (nSPS) is 54.1. The van der Waals surface area contributed by atoms with E-state index in [-0.39, 0.29) is 150 Å². The Hall–Kier alpha value is -1.44. The van der Waals surface area contributed by atoms with Crippen molar-refractivity contribution in [1.82, 2.24) is 85.1 Å². The van der Waals surface area contributed by atoms with Gasteiger partial charge in [-0.05, 0) is 186 Å². The predicted octanol–water partition coefficient (Wildman–Crippen LogP) is -2.88. The summed E-state index contributed by atoms with van der Waals surface area (Å²) < 4.78 is 0. The molecule has 36 unspecified atom stereocenters. The number of nitrogens with one attached hydrogen (secondary N) is 16. The smallest absolute Gasteiger partial charge is 0.550 e. The van der Waals surface area contributed by atoms with Crippen LogP contribution in [-0.2, 0) is 19.2 Å². The summed E-state index contributed by atoms with van der Waals surface area (Å²) in [6.07, 6.45) is 32.4. The molecule has 8 aliphatic carbocycles. The first kappa shape index (κ1) is 66.1. The molecule has 0 aromatic carbocycles. The average Bonchev–Trinajstić information content (AvgIpc) is 1.64. The average molecular weight is 1510 g/mol. The van der Waals surface area contributed by atoms with Crippen LogP contribution in [0.2, 0.25) is 0 Å². The Balaban J connectivity index is 0.000000146. The fourth-order valence-corrected chi connectivity index (χ4v) is 25.3. The molecular formula is C68H108N16O8Th. The molecule has 93 heavy (non-hydrogen) atoms. The van der Waals surface area contributed by atoms with E-state index in [1.54, 1.807) is 0 Å². The Kier molecular flexibility index (Phi) is 19.5. The third-order valence-corrected chi connectivity index (χ3v) is 29.2. The molecule has 16 bridgehead atoms. The number of fused-ring (bicyclic) bond motifs is 40. The summed E-state index contributed by atoms with van der Waals surface area (Å²) in [6.45, 7) is 0. The van der Waals surface area contributed by atoms with Gasteiger partial charge in [0.1, 0.15) is 0 Å². The van der Waals surface area contributed by atoms with Gasteiger partial charge in [0.15, 0.2) is 0 Å². The number of rotatable bonds is 4. The largest absolute Gasteiger partial charge is 4.00 e. The molecule has 24 nitrogen and oxygen atoms in total. The van der Waals surface area contributed by atoms with Crippen molar-refractivity contribution in [2.24, 2.45) is 118 Å². The van der Waals surface area contributed by atoms with E-state index in [0.29, 0.717) is 96.7 Å². The summed E-state index contributed by atoms with van der Waals surface area (Å²) >= 11 is 0. The van der Waals surface area contributed by atoms with Gasteiger partial charge >= 0.3 is 39.9 Å². The molecule has 0 spiro atoms. The molecule has 18 fully saturated rings. The van der Waals surface area contributed by atoms with E-state index in [1.807, 2.05) is 0 Å². The quantitative estimate of drug-likeness (QED) is 0.134. The molecule has 0 aromatic rings. The summed E-state index contributed by atoms with van der Waals surface area (Å²) in [7, 11) is 0. The van der Waals surface area contributed by atoms with Crippen molar-refractivity contribution in [2.75, 3.05) is 0 Å². The zero-order valence-electron chi connectivity index (χ0n) is 54.3. The maximum Gasteiger partial charge on any atom is 4.00 e. The number of hydrogen-bond donors (Lipinski definition) is 16. The van der Waals surface area contributed by atoms with Crippen LogP contribution in [0.1, 0.15) is 180 Å². The summed E-state index contributed by atoms with van der Waals surface area (Å²) in [6, 6.07) is 0. The van der Waals surface area contributed by atoms with Crippen molar-refractivity contribution in [1.29, 1.82) is 0 Å². The first-order valence-corrected chi connectivity index (χ1v) is 37.9. The molecule has 18 rings (SSSR count). The van der Waals surface area contributed by atoms with Crippen LogP contribution in [0.5, 0.6) is 0 Å². The van der Waals surface area contributed by atoms with Gasteiger partial charge in [0.25, 0.3) is 0 Å². The second-order valence-corrected chi connectivity index (χ2v) is 33.2. The molecule has 512 valence electrons. The topological polar surface area (TPSA) is 353 Å². The molecule has 10 aliphatic heterocycles. The minimum Gasteiger partial charge on any atom is -0.550 e. The predicted molar refractivity (Wildman–Crippen MR) is 330 cm³/mol. The van der Waals surface area contributed by atoms with Gasteiger partial charge in [0.05, 0.1) is 98.7 Å². The van der Waals surface area contributed by atoms with Crippen molar-refractivity contribution in [3.63, 3.8) is 0 Å². The number of aliphatic carboxylic acids is 4. The van der Waals surface area contributed by atoms with Crippen molar-refractivity contribution in [2.45, 2.75) is 278 Å².